The zero-order valence-corrected chi connectivity index (χ0v) is 16.7. The molecule has 0 fully saturated rings. The number of aryl methyl sites for hydroxylation is 1. The van der Waals surface area contributed by atoms with Crippen molar-refractivity contribution in [3.05, 3.63) is 77.5 Å². The van der Waals surface area contributed by atoms with Crippen molar-refractivity contribution in [1.29, 1.82) is 0 Å². The molecule has 1 aromatic heterocycles. The molecule has 5 nitrogen and oxygen atoms in total. The Morgan fingerprint density at radius 3 is 2.44 bits per heavy atom. The zero-order chi connectivity index (χ0) is 19.4. The first-order chi connectivity index (χ1) is 12.9. The van der Waals surface area contributed by atoms with Crippen LogP contribution in [0, 0.1) is 6.92 Å². The fourth-order valence-electron chi connectivity index (χ4n) is 2.87. The number of anilines is 1. The van der Waals surface area contributed by atoms with Crippen LogP contribution in [0.15, 0.2) is 65.7 Å². The summed E-state index contributed by atoms with van der Waals surface area (Å²) in [5.41, 5.74) is 3.46. The second-order valence-corrected chi connectivity index (χ2v) is 8.49. The van der Waals surface area contributed by atoms with Gasteiger partial charge in [0.1, 0.15) is 0 Å². The van der Waals surface area contributed by atoms with Gasteiger partial charge in [-0.25, -0.2) is 8.42 Å². The van der Waals surface area contributed by atoms with Crippen LogP contribution in [0.4, 0.5) is 5.82 Å². The third-order valence-corrected chi connectivity index (χ3v) is 6.22. The van der Waals surface area contributed by atoms with E-state index < -0.39 is 10.0 Å². The maximum Gasteiger partial charge on any atom is 0.263 e. The van der Waals surface area contributed by atoms with Crippen molar-refractivity contribution in [2.75, 3.05) is 4.72 Å². The van der Waals surface area contributed by atoms with Crippen molar-refractivity contribution >= 4 is 15.8 Å². The van der Waals surface area contributed by atoms with Crippen molar-refractivity contribution < 1.29 is 8.42 Å². The Balaban J connectivity index is 1.73. The third-order valence-electron chi connectivity index (χ3n) is 4.85. The van der Waals surface area contributed by atoms with Crippen LogP contribution in [0.2, 0.25) is 0 Å². The predicted octanol–water partition coefficient (Wildman–Crippen LogP) is 4.55. The van der Waals surface area contributed by atoms with Crippen LogP contribution in [0.5, 0.6) is 0 Å². The molecule has 0 aliphatic carbocycles. The lowest BCUT2D eigenvalue weighted by molar-refractivity contribution is 0.600. The first kappa shape index (κ1) is 19.2. The normalized spacial score (nSPS) is 12.7. The molecule has 3 aromatic rings. The Labute approximate surface area is 161 Å². The maximum absolute atomic E-state index is 12.6. The fraction of sp³-hybridized carbons (Fsp3) is 0.286. The molecule has 6 heteroatoms. The van der Waals surface area contributed by atoms with Gasteiger partial charge in [0.15, 0.2) is 5.82 Å². The summed E-state index contributed by atoms with van der Waals surface area (Å²) in [5.74, 6) is 0.724. The smallest absolute Gasteiger partial charge is 0.263 e. The van der Waals surface area contributed by atoms with Gasteiger partial charge in [0.25, 0.3) is 10.0 Å². The molecule has 0 amide bonds. The minimum atomic E-state index is -3.66. The van der Waals surface area contributed by atoms with Crippen molar-refractivity contribution in [2.45, 2.75) is 44.6 Å². The molecular weight excluding hydrogens is 358 g/mol. The molecule has 0 saturated heterocycles. The summed E-state index contributed by atoms with van der Waals surface area (Å²) in [4.78, 5) is 0.239. The van der Waals surface area contributed by atoms with Gasteiger partial charge in [-0.05, 0) is 48.1 Å². The SMILES string of the molecule is CCC(C)c1ccc(S(=O)(=O)Nc2ccn(Cc3ccccc3C)n2)cc1. The van der Waals surface area contributed by atoms with Gasteiger partial charge in [-0.2, -0.15) is 5.10 Å². The van der Waals surface area contributed by atoms with Crippen molar-refractivity contribution in [3.63, 3.8) is 0 Å². The summed E-state index contributed by atoms with van der Waals surface area (Å²) in [6.45, 7) is 6.89. The van der Waals surface area contributed by atoms with Gasteiger partial charge in [-0.3, -0.25) is 9.40 Å². The standard InChI is InChI=1S/C21H25N3O2S/c1-4-16(2)18-9-11-20(12-10-18)27(25,26)23-21-13-14-24(22-21)15-19-8-6-5-7-17(19)3/h5-14,16H,4,15H2,1-3H3,(H,22,23). The molecule has 1 N–H and O–H groups in total. The average molecular weight is 384 g/mol. The molecule has 1 heterocycles. The van der Waals surface area contributed by atoms with Gasteiger partial charge in [0.05, 0.1) is 11.4 Å². The van der Waals surface area contributed by atoms with E-state index in [0.29, 0.717) is 18.3 Å². The van der Waals surface area contributed by atoms with Crippen LogP contribution in [0.1, 0.15) is 42.9 Å². The molecule has 1 atom stereocenters. The fourth-order valence-corrected chi connectivity index (χ4v) is 3.87. The van der Waals surface area contributed by atoms with Crippen molar-refractivity contribution in [2.24, 2.45) is 0 Å². The van der Waals surface area contributed by atoms with Crippen molar-refractivity contribution in [1.82, 2.24) is 9.78 Å². The first-order valence-electron chi connectivity index (χ1n) is 9.10. The predicted molar refractivity (Wildman–Crippen MR) is 108 cm³/mol. The topological polar surface area (TPSA) is 64.0 Å². The van der Waals surface area contributed by atoms with Gasteiger partial charge < -0.3 is 0 Å². The van der Waals surface area contributed by atoms with E-state index in [-0.39, 0.29) is 4.90 Å². The molecule has 142 valence electrons. The van der Waals surface area contributed by atoms with Crippen LogP contribution >= 0.6 is 0 Å². The lowest BCUT2D eigenvalue weighted by atomic mass is 9.99. The molecule has 1 unspecified atom stereocenters. The molecule has 27 heavy (non-hydrogen) atoms. The number of nitrogens with one attached hydrogen (secondary N) is 1. The number of rotatable bonds is 7. The van der Waals surface area contributed by atoms with Crippen LogP contribution in [-0.4, -0.2) is 18.2 Å². The quantitative estimate of drug-likeness (QED) is 0.651. The molecular formula is C21H25N3O2S. The molecule has 0 radical (unpaired) electrons. The van der Waals surface area contributed by atoms with E-state index in [4.69, 9.17) is 0 Å². The maximum atomic E-state index is 12.6. The van der Waals surface area contributed by atoms with Gasteiger partial charge in [0, 0.05) is 12.3 Å². The highest BCUT2D eigenvalue weighted by Gasteiger charge is 2.16. The summed E-state index contributed by atoms with van der Waals surface area (Å²) >= 11 is 0. The van der Waals surface area contributed by atoms with Gasteiger partial charge in [0.2, 0.25) is 0 Å². The lowest BCUT2D eigenvalue weighted by Gasteiger charge is -2.10. The van der Waals surface area contributed by atoms with E-state index in [1.807, 2.05) is 43.3 Å². The molecule has 0 saturated carbocycles. The molecule has 0 aliphatic rings. The number of hydrogen-bond donors (Lipinski definition) is 1. The minimum absolute atomic E-state index is 0.239. The summed E-state index contributed by atoms with van der Waals surface area (Å²) in [7, 11) is -3.66. The van der Waals surface area contributed by atoms with Crippen LogP contribution in [0.3, 0.4) is 0 Å². The Bertz CT molecular complexity index is 1010. The van der Waals surface area contributed by atoms with E-state index in [1.54, 1.807) is 29.1 Å². The van der Waals surface area contributed by atoms with Crippen LogP contribution < -0.4 is 4.72 Å². The Morgan fingerprint density at radius 1 is 1.07 bits per heavy atom. The van der Waals surface area contributed by atoms with E-state index in [2.05, 4.69) is 23.7 Å². The zero-order valence-electron chi connectivity index (χ0n) is 15.9. The second kappa shape index (κ2) is 7.96. The highest BCUT2D eigenvalue weighted by atomic mass is 32.2. The monoisotopic (exact) mass is 383 g/mol. The van der Waals surface area contributed by atoms with Crippen LogP contribution in [-0.2, 0) is 16.6 Å². The molecule has 0 bridgehead atoms. The second-order valence-electron chi connectivity index (χ2n) is 6.81. The Kier molecular flexibility index (Phi) is 5.65. The van der Waals surface area contributed by atoms with Crippen molar-refractivity contribution in [3.8, 4) is 0 Å². The number of nitrogens with zero attached hydrogens (tertiary/aromatic N) is 2. The van der Waals surface area contributed by atoms with E-state index >= 15 is 0 Å². The molecule has 0 aliphatic heterocycles. The molecule has 2 aromatic carbocycles. The van der Waals surface area contributed by atoms with E-state index in [0.717, 1.165) is 17.5 Å². The van der Waals surface area contributed by atoms with Gasteiger partial charge >= 0.3 is 0 Å². The molecule has 0 spiro atoms. The highest BCUT2D eigenvalue weighted by molar-refractivity contribution is 7.92. The Hall–Kier alpha value is -2.60. The number of benzene rings is 2. The van der Waals surface area contributed by atoms with Crippen LogP contribution in [0.25, 0.3) is 0 Å². The number of sulfonamides is 1. The first-order valence-corrected chi connectivity index (χ1v) is 10.6. The van der Waals surface area contributed by atoms with E-state index in [1.165, 1.54) is 5.56 Å². The largest absolute Gasteiger partial charge is 0.266 e. The highest BCUT2D eigenvalue weighted by Crippen LogP contribution is 2.21. The van der Waals surface area contributed by atoms with Gasteiger partial charge in [-0.1, -0.05) is 50.2 Å². The van der Waals surface area contributed by atoms with Gasteiger partial charge in [-0.15, -0.1) is 0 Å². The Morgan fingerprint density at radius 2 is 1.78 bits per heavy atom. The number of aromatic nitrogens is 2. The lowest BCUT2D eigenvalue weighted by Crippen LogP contribution is -2.14. The summed E-state index contributed by atoms with van der Waals surface area (Å²) in [5, 5.41) is 4.34. The third kappa shape index (κ3) is 4.57. The number of hydrogen-bond acceptors (Lipinski definition) is 3. The summed E-state index contributed by atoms with van der Waals surface area (Å²) in [6.07, 6.45) is 2.79. The van der Waals surface area contributed by atoms with E-state index in [9.17, 15) is 8.42 Å². The molecule has 3 rings (SSSR count). The minimum Gasteiger partial charge on any atom is -0.266 e. The summed E-state index contributed by atoms with van der Waals surface area (Å²) < 4.78 is 29.5. The average Bonchev–Trinajstić information content (AvgIpc) is 3.09. The summed E-state index contributed by atoms with van der Waals surface area (Å²) in [6, 6.07) is 16.8.